The van der Waals surface area contributed by atoms with Crippen molar-refractivity contribution < 1.29 is 0 Å². The Morgan fingerprint density at radius 1 is 0.586 bits per heavy atom. The second kappa shape index (κ2) is 4.61. The first-order valence-corrected chi connectivity index (χ1v) is 9.09. The van der Waals surface area contributed by atoms with Gasteiger partial charge < -0.3 is 0 Å². The molecule has 4 aromatic heterocycles. The minimum Gasteiger partial charge on any atom is -0.276 e. The van der Waals surface area contributed by atoms with E-state index in [1.165, 1.54) is 0 Å². The highest BCUT2D eigenvalue weighted by Gasteiger charge is 2.24. The van der Waals surface area contributed by atoms with Gasteiger partial charge in [-0.3, -0.25) is 8.80 Å². The van der Waals surface area contributed by atoms with Crippen LogP contribution in [0.25, 0.3) is 50.2 Å². The fourth-order valence-electron chi connectivity index (χ4n) is 4.53. The third-order valence-corrected chi connectivity index (χ3v) is 5.67. The van der Waals surface area contributed by atoms with E-state index in [0.717, 1.165) is 27.6 Å². The van der Waals surface area contributed by atoms with Gasteiger partial charge in [-0.15, -0.1) is 0 Å². The van der Waals surface area contributed by atoms with E-state index in [0.29, 0.717) is 33.7 Å². The van der Waals surface area contributed by atoms with E-state index in [9.17, 15) is 10.5 Å². The van der Waals surface area contributed by atoms with Crippen LogP contribution >= 0.6 is 0 Å². The first kappa shape index (κ1) is 14.4. The smallest absolute Gasteiger partial charge is 0.223 e. The lowest BCUT2D eigenvalue weighted by atomic mass is 10.2. The Balaban J connectivity index is 1.85. The Labute approximate surface area is 162 Å². The van der Waals surface area contributed by atoms with Crippen LogP contribution in [0.2, 0.25) is 0 Å². The van der Waals surface area contributed by atoms with E-state index >= 15 is 0 Å². The lowest BCUT2D eigenvalue weighted by molar-refractivity contribution is 1.15. The molecule has 7 rings (SSSR count). The maximum absolute atomic E-state index is 9.51. The number of fused-ring (bicyclic) bond motifs is 10. The molecule has 132 valence electrons. The molecule has 7 heteroatoms. The molecule has 0 aliphatic rings. The second-order valence-electron chi connectivity index (χ2n) is 7.04. The van der Waals surface area contributed by atoms with E-state index in [4.69, 9.17) is 9.97 Å². The zero-order valence-electron chi connectivity index (χ0n) is 14.8. The van der Waals surface area contributed by atoms with E-state index in [1.54, 1.807) is 12.1 Å². The van der Waals surface area contributed by atoms with Gasteiger partial charge >= 0.3 is 0 Å². The highest BCUT2D eigenvalue weighted by molar-refractivity contribution is 6.04. The highest BCUT2D eigenvalue weighted by atomic mass is 15.3. The summed E-state index contributed by atoms with van der Waals surface area (Å²) in [6, 6.07) is 21.8. The fraction of sp³-hybridized carbons (Fsp3) is 0. The van der Waals surface area contributed by atoms with E-state index < -0.39 is 0 Å². The topological polar surface area (TPSA) is 86.6 Å². The third kappa shape index (κ3) is 1.47. The minimum absolute atomic E-state index is 0.543. The average molecular weight is 371 g/mol. The largest absolute Gasteiger partial charge is 0.276 e. The molecular weight excluding hydrogens is 362 g/mol. The summed E-state index contributed by atoms with van der Waals surface area (Å²) < 4.78 is 6.17. The van der Waals surface area contributed by atoms with Crippen LogP contribution < -0.4 is 0 Å². The van der Waals surface area contributed by atoms with Crippen LogP contribution in [0.15, 0.2) is 54.6 Å². The lowest BCUT2D eigenvalue weighted by Gasteiger charge is -1.97. The standard InChI is InChI=1S/C22H9N7/c23-10-12-4-1-6-14-18(12)25-21-27(14)16-8-3-9-17-20(16)29(21)22-26-19-13(11-24)5-2-7-15(19)28(17)22/h1-9H. The molecule has 0 unspecified atom stereocenters. The van der Waals surface area contributed by atoms with Crippen molar-refractivity contribution in [2.75, 3.05) is 0 Å². The molecule has 0 atom stereocenters. The second-order valence-corrected chi connectivity index (χ2v) is 7.04. The van der Waals surface area contributed by atoms with Crippen LogP contribution in [-0.2, 0) is 0 Å². The molecule has 0 amide bonds. The number of benzene rings is 3. The van der Waals surface area contributed by atoms with Crippen LogP contribution in [0.4, 0.5) is 0 Å². The molecule has 0 saturated heterocycles. The first-order chi connectivity index (χ1) is 14.3. The number of hydrogen-bond acceptors (Lipinski definition) is 4. The molecular formula is C22H9N7. The molecule has 4 heterocycles. The number of imidazole rings is 4. The van der Waals surface area contributed by atoms with Gasteiger partial charge in [0.05, 0.1) is 33.2 Å². The van der Waals surface area contributed by atoms with Crippen LogP contribution in [0.1, 0.15) is 11.1 Å². The quantitative estimate of drug-likeness (QED) is 0.405. The van der Waals surface area contributed by atoms with Gasteiger partial charge in [-0.1, -0.05) is 18.2 Å². The number of para-hydroxylation sites is 3. The summed E-state index contributed by atoms with van der Waals surface area (Å²) in [5, 5.41) is 19.0. The van der Waals surface area contributed by atoms with Crippen molar-refractivity contribution in [2.45, 2.75) is 0 Å². The van der Waals surface area contributed by atoms with Crippen LogP contribution in [-0.4, -0.2) is 23.2 Å². The van der Waals surface area contributed by atoms with Crippen molar-refractivity contribution in [3.8, 4) is 12.1 Å². The molecule has 0 fully saturated rings. The van der Waals surface area contributed by atoms with E-state index in [1.807, 2.05) is 34.7 Å². The maximum Gasteiger partial charge on any atom is 0.223 e. The highest BCUT2D eigenvalue weighted by Crippen LogP contribution is 2.35. The third-order valence-electron chi connectivity index (χ3n) is 5.67. The van der Waals surface area contributed by atoms with Crippen molar-refractivity contribution in [3.63, 3.8) is 0 Å². The van der Waals surface area contributed by atoms with Crippen molar-refractivity contribution >= 4 is 50.2 Å². The van der Waals surface area contributed by atoms with Crippen LogP contribution in [0.3, 0.4) is 0 Å². The van der Waals surface area contributed by atoms with Crippen molar-refractivity contribution in [1.29, 1.82) is 10.5 Å². The van der Waals surface area contributed by atoms with Crippen LogP contribution in [0, 0.1) is 22.7 Å². The number of hydrogen-bond donors (Lipinski definition) is 0. The summed E-state index contributed by atoms with van der Waals surface area (Å²) in [7, 11) is 0. The Morgan fingerprint density at radius 3 is 1.52 bits per heavy atom. The predicted molar refractivity (Wildman–Crippen MR) is 108 cm³/mol. The lowest BCUT2D eigenvalue weighted by Crippen LogP contribution is -1.87. The van der Waals surface area contributed by atoms with Crippen molar-refractivity contribution in [2.24, 2.45) is 0 Å². The zero-order valence-corrected chi connectivity index (χ0v) is 14.8. The summed E-state index contributed by atoms with van der Waals surface area (Å²) >= 11 is 0. The summed E-state index contributed by atoms with van der Waals surface area (Å²) in [5.74, 6) is 1.41. The Kier molecular flexibility index (Phi) is 2.30. The molecule has 0 radical (unpaired) electrons. The molecule has 29 heavy (non-hydrogen) atoms. The van der Waals surface area contributed by atoms with Gasteiger partial charge in [0.15, 0.2) is 0 Å². The molecule has 0 bridgehead atoms. The summed E-state index contributed by atoms with van der Waals surface area (Å²) in [6.45, 7) is 0. The maximum atomic E-state index is 9.51. The molecule has 0 aliphatic carbocycles. The minimum atomic E-state index is 0.543. The van der Waals surface area contributed by atoms with E-state index in [-0.39, 0.29) is 0 Å². The van der Waals surface area contributed by atoms with Crippen molar-refractivity contribution in [3.05, 3.63) is 65.7 Å². The number of nitrogens with zero attached hydrogens (tertiary/aromatic N) is 7. The van der Waals surface area contributed by atoms with Gasteiger partial charge in [-0.2, -0.15) is 10.5 Å². The average Bonchev–Trinajstić information content (AvgIpc) is 3.47. The van der Waals surface area contributed by atoms with Crippen LogP contribution in [0.5, 0.6) is 0 Å². The molecule has 7 aromatic rings. The summed E-state index contributed by atoms with van der Waals surface area (Å²) in [5.41, 5.74) is 7.25. The number of rotatable bonds is 0. The molecule has 3 aromatic carbocycles. The molecule has 0 aliphatic heterocycles. The monoisotopic (exact) mass is 371 g/mol. The van der Waals surface area contributed by atoms with Crippen molar-refractivity contribution in [1.82, 2.24) is 23.2 Å². The molecule has 7 nitrogen and oxygen atoms in total. The fourth-order valence-corrected chi connectivity index (χ4v) is 4.53. The molecule has 0 spiro atoms. The number of nitriles is 2. The van der Waals surface area contributed by atoms with Gasteiger partial charge in [-0.05, 0) is 36.4 Å². The summed E-state index contributed by atoms with van der Waals surface area (Å²) in [4.78, 5) is 9.65. The SMILES string of the molecule is N#Cc1cccc2c1nc1n2c2cccc3c2n1c1nc2c(C#N)cccc2n31. The first-order valence-electron chi connectivity index (χ1n) is 9.09. The molecule has 0 N–H and O–H groups in total. The Bertz CT molecular complexity index is 1750. The summed E-state index contributed by atoms with van der Waals surface area (Å²) in [6.07, 6.45) is 0. The zero-order chi connectivity index (χ0) is 19.3. The van der Waals surface area contributed by atoms with Gasteiger partial charge in [0.25, 0.3) is 0 Å². The van der Waals surface area contributed by atoms with E-state index in [2.05, 4.69) is 33.1 Å². The Morgan fingerprint density at radius 2 is 1.03 bits per heavy atom. The number of aromatic nitrogens is 5. The normalized spacial score (nSPS) is 12.1. The predicted octanol–water partition coefficient (Wildman–Crippen LogP) is 3.88. The Hall–Kier alpha value is -4.62. The van der Waals surface area contributed by atoms with Gasteiger partial charge in [0.1, 0.15) is 28.7 Å². The van der Waals surface area contributed by atoms with Gasteiger partial charge in [0.2, 0.25) is 11.6 Å². The molecule has 0 saturated carbocycles. The van der Waals surface area contributed by atoms with Gasteiger partial charge in [0, 0.05) is 0 Å². The van der Waals surface area contributed by atoms with Gasteiger partial charge in [-0.25, -0.2) is 14.4 Å².